The highest BCUT2D eigenvalue weighted by Crippen LogP contribution is 2.21. The summed E-state index contributed by atoms with van der Waals surface area (Å²) >= 11 is 0. The summed E-state index contributed by atoms with van der Waals surface area (Å²) in [6, 6.07) is 1.43. The van der Waals surface area contributed by atoms with Gasteiger partial charge in [0.15, 0.2) is 5.82 Å². The first kappa shape index (κ1) is 15.2. The fourth-order valence-electron chi connectivity index (χ4n) is 1.73. The van der Waals surface area contributed by atoms with Crippen molar-refractivity contribution in [2.75, 3.05) is 0 Å². The first-order chi connectivity index (χ1) is 9.79. The quantitative estimate of drug-likeness (QED) is 0.873. The zero-order valence-corrected chi connectivity index (χ0v) is 12.5. The smallest absolute Gasteiger partial charge is 0.372 e. The van der Waals surface area contributed by atoms with Crippen LogP contribution in [0, 0.1) is 0 Å². The van der Waals surface area contributed by atoms with E-state index in [9.17, 15) is 4.79 Å². The van der Waals surface area contributed by atoms with Crippen LogP contribution in [0.5, 0.6) is 0 Å². The van der Waals surface area contributed by atoms with Crippen molar-refractivity contribution >= 4 is 5.97 Å². The number of hydrogen-bond donors (Lipinski definition) is 2. The summed E-state index contributed by atoms with van der Waals surface area (Å²) in [5.74, 6) is -0.0335. The van der Waals surface area contributed by atoms with E-state index in [1.165, 1.54) is 6.26 Å². The predicted molar refractivity (Wildman–Crippen MR) is 73.9 cm³/mol. The van der Waals surface area contributed by atoms with Gasteiger partial charge in [0, 0.05) is 17.5 Å². The van der Waals surface area contributed by atoms with E-state index in [0.717, 1.165) is 0 Å². The van der Waals surface area contributed by atoms with Gasteiger partial charge < -0.3 is 19.4 Å². The Morgan fingerprint density at radius 2 is 2.19 bits per heavy atom. The molecule has 2 aromatic rings. The van der Waals surface area contributed by atoms with Crippen LogP contribution in [-0.2, 0) is 12.0 Å². The molecule has 2 heterocycles. The average Bonchev–Trinajstić information content (AvgIpc) is 3.03. The van der Waals surface area contributed by atoms with E-state index in [1.807, 2.05) is 27.7 Å². The van der Waals surface area contributed by atoms with Crippen molar-refractivity contribution in [3.05, 3.63) is 35.4 Å². The summed E-state index contributed by atoms with van der Waals surface area (Å²) in [4.78, 5) is 15.3. The summed E-state index contributed by atoms with van der Waals surface area (Å²) in [6.45, 7) is 8.23. The molecule has 0 saturated carbocycles. The minimum Gasteiger partial charge on any atom is -0.475 e. The second-order valence-corrected chi connectivity index (χ2v) is 5.89. The number of aromatic carboxylic acids is 1. The molecule has 0 spiro atoms. The minimum absolute atomic E-state index is 0.0596. The third-order valence-corrected chi connectivity index (χ3v) is 3.02. The van der Waals surface area contributed by atoms with E-state index in [0.29, 0.717) is 23.8 Å². The van der Waals surface area contributed by atoms with Gasteiger partial charge in [0.1, 0.15) is 0 Å². The van der Waals surface area contributed by atoms with Crippen LogP contribution in [-0.4, -0.2) is 21.2 Å². The molecule has 0 saturated heterocycles. The monoisotopic (exact) mass is 293 g/mol. The second-order valence-electron chi connectivity index (χ2n) is 5.89. The Morgan fingerprint density at radius 1 is 1.48 bits per heavy atom. The van der Waals surface area contributed by atoms with Crippen molar-refractivity contribution in [2.45, 2.75) is 45.7 Å². The zero-order valence-electron chi connectivity index (χ0n) is 12.5. The van der Waals surface area contributed by atoms with Gasteiger partial charge in [-0.25, -0.2) is 4.79 Å². The van der Waals surface area contributed by atoms with Gasteiger partial charge in [0.25, 0.3) is 0 Å². The maximum Gasteiger partial charge on any atom is 0.372 e. The van der Waals surface area contributed by atoms with E-state index < -0.39 is 5.97 Å². The average molecular weight is 293 g/mol. The molecule has 7 heteroatoms. The largest absolute Gasteiger partial charge is 0.475 e. The number of nitrogens with zero attached hydrogens (tertiary/aromatic N) is 2. The number of carbonyl (C=O) groups is 1. The van der Waals surface area contributed by atoms with Crippen LogP contribution < -0.4 is 5.32 Å². The molecule has 0 radical (unpaired) electrons. The van der Waals surface area contributed by atoms with Gasteiger partial charge in [-0.05, 0) is 13.0 Å². The normalized spacial score (nSPS) is 13.3. The number of carboxylic acids is 1. The molecule has 0 aromatic carbocycles. The Morgan fingerprint density at radius 3 is 2.76 bits per heavy atom. The van der Waals surface area contributed by atoms with Crippen molar-refractivity contribution in [3.8, 4) is 0 Å². The van der Waals surface area contributed by atoms with Gasteiger partial charge in [-0.2, -0.15) is 4.98 Å². The molecule has 0 amide bonds. The maximum absolute atomic E-state index is 10.9. The molecule has 0 aliphatic carbocycles. The molecular formula is C14H19N3O4. The lowest BCUT2D eigenvalue weighted by molar-refractivity contribution is 0.0660. The summed E-state index contributed by atoms with van der Waals surface area (Å²) in [7, 11) is 0. The molecule has 0 aliphatic heterocycles. The van der Waals surface area contributed by atoms with Gasteiger partial charge in [-0.1, -0.05) is 25.9 Å². The van der Waals surface area contributed by atoms with Crippen LogP contribution in [0.25, 0.3) is 0 Å². The molecule has 1 unspecified atom stereocenters. The van der Waals surface area contributed by atoms with Gasteiger partial charge in [0.05, 0.1) is 12.3 Å². The molecule has 0 fully saturated rings. The standard InChI is InChI=1S/C14H19N3O4/c1-8(11-16-13(17-21-11)14(2,3)4)15-7-9-5-6-20-10(9)12(18)19/h5-6,8,15H,7H2,1-4H3,(H,18,19). The SMILES string of the molecule is CC(NCc1ccoc1C(=O)O)c1nc(C(C)(C)C)no1. The third kappa shape index (κ3) is 3.49. The van der Waals surface area contributed by atoms with Crippen molar-refractivity contribution in [2.24, 2.45) is 0 Å². The van der Waals surface area contributed by atoms with Crippen LogP contribution in [0.2, 0.25) is 0 Å². The lowest BCUT2D eigenvalue weighted by atomic mass is 9.96. The molecule has 21 heavy (non-hydrogen) atoms. The Kier molecular flexibility index (Phi) is 4.13. The summed E-state index contributed by atoms with van der Waals surface area (Å²) < 4.78 is 10.2. The number of rotatable bonds is 5. The number of nitrogens with one attached hydrogen (secondary N) is 1. The van der Waals surface area contributed by atoms with Crippen LogP contribution in [0.4, 0.5) is 0 Å². The topological polar surface area (TPSA) is 101 Å². The number of hydrogen-bond acceptors (Lipinski definition) is 6. The fraction of sp³-hybridized carbons (Fsp3) is 0.500. The molecule has 114 valence electrons. The molecule has 0 aliphatic rings. The molecule has 2 rings (SSSR count). The van der Waals surface area contributed by atoms with Gasteiger partial charge in [-0.3, -0.25) is 0 Å². The fourth-order valence-corrected chi connectivity index (χ4v) is 1.73. The Labute approximate surface area is 122 Å². The number of carboxylic acid groups (broad SMARTS) is 1. The first-order valence-electron chi connectivity index (χ1n) is 6.66. The Bertz CT molecular complexity index is 624. The highest BCUT2D eigenvalue weighted by Gasteiger charge is 2.23. The van der Waals surface area contributed by atoms with Crippen LogP contribution in [0.15, 0.2) is 21.3 Å². The van der Waals surface area contributed by atoms with Crippen LogP contribution in [0.1, 0.15) is 61.6 Å². The Hall–Kier alpha value is -2.15. The number of furan rings is 1. The number of aromatic nitrogens is 2. The van der Waals surface area contributed by atoms with E-state index in [2.05, 4.69) is 15.5 Å². The van der Waals surface area contributed by atoms with Crippen molar-refractivity contribution in [3.63, 3.8) is 0 Å². The van der Waals surface area contributed by atoms with E-state index in [4.69, 9.17) is 14.0 Å². The molecular weight excluding hydrogens is 274 g/mol. The molecule has 0 bridgehead atoms. The van der Waals surface area contributed by atoms with Crippen molar-refractivity contribution < 1.29 is 18.8 Å². The lowest BCUT2D eigenvalue weighted by Gasteiger charge is -2.11. The third-order valence-electron chi connectivity index (χ3n) is 3.02. The molecule has 1 atom stereocenters. The maximum atomic E-state index is 10.9. The Balaban J connectivity index is 2.02. The van der Waals surface area contributed by atoms with Crippen molar-refractivity contribution in [1.82, 2.24) is 15.5 Å². The molecule has 2 aromatic heterocycles. The first-order valence-corrected chi connectivity index (χ1v) is 6.66. The van der Waals surface area contributed by atoms with E-state index in [-0.39, 0.29) is 17.2 Å². The van der Waals surface area contributed by atoms with Gasteiger partial charge >= 0.3 is 5.97 Å². The lowest BCUT2D eigenvalue weighted by Crippen LogP contribution is -2.20. The summed E-state index contributed by atoms with van der Waals surface area (Å²) in [6.07, 6.45) is 1.36. The molecule has 7 nitrogen and oxygen atoms in total. The summed E-state index contributed by atoms with van der Waals surface area (Å²) in [5.41, 5.74) is 0.396. The predicted octanol–water partition coefficient (Wildman–Crippen LogP) is 2.51. The van der Waals surface area contributed by atoms with Crippen LogP contribution in [0.3, 0.4) is 0 Å². The minimum atomic E-state index is -1.09. The zero-order chi connectivity index (χ0) is 15.6. The highest BCUT2D eigenvalue weighted by atomic mass is 16.5. The highest BCUT2D eigenvalue weighted by molar-refractivity contribution is 5.86. The van der Waals surface area contributed by atoms with E-state index >= 15 is 0 Å². The van der Waals surface area contributed by atoms with Gasteiger partial charge in [-0.15, -0.1) is 0 Å². The van der Waals surface area contributed by atoms with Crippen LogP contribution >= 0.6 is 0 Å². The van der Waals surface area contributed by atoms with E-state index in [1.54, 1.807) is 6.07 Å². The van der Waals surface area contributed by atoms with Crippen molar-refractivity contribution in [1.29, 1.82) is 0 Å². The summed E-state index contributed by atoms with van der Waals surface area (Å²) in [5, 5.41) is 16.1. The second kappa shape index (κ2) is 5.69. The van der Waals surface area contributed by atoms with Gasteiger partial charge in [0.2, 0.25) is 11.7 Å². The molecule has 2 N–H and O–H groups in total.